The Morgan fingerprint density at radius 3 is 1.10 bits per heavy atom. The highest BCUT2D eigenvalue weighted by molar-refractivity contribution is 8.34. The third-order valence-electron chi connectivity index (χ3n) is 10.5. The molecule has 3 aliphatic heterocycles. The zero-order valence-electron chi connectivity index (χ0n) is 27.9. The first-order valence-electron chi connectivity index (χ1n) is 17.1. The number of hydrogen-bond acceptors (Lipinski definition) is 2. The Kier molecular flexibility index (Phi) is 6.13. The molecule has 0 spiro atoms. The maximum absolute atomic E-state index is 2.56. The van der Waals surface area contributed by atoms with Crippen LogP contribution in [0.1, 0.15) is 16.7 Å². The van der Waals surface area contributed by atoms with Crippen LogP contribution in [0.3, 0.4) is 0 Å². The van der Waals surface area contributed by atoms with Gasteiger partial charge in [-0.1, -0.05) is 72.8 Å². The van der Waals surface area contributed by atoms with Gasteiger partial charge in [-0.15, -0.1) is 10.0 Å². The van der Waals surface area contributed by atoms with Crippen LogP contribution in [0.5, 0.6) is 0 Å². The van der Waals surface area contributed by atoms with Crippen molar-refractivity contribution in [1.82, 2.24) is 0 Å². The van der Waals surface area contributed by atoms with Crippen molar-refractivity contribution in [3.05, 3.63) is 174 Å². The summed E-state index contributed by atoms with van der Waals surface area (Å²) in [6.45, 7) is 6.92. The van der Waals surface area contributed by atoms with Gasteiger partial charge >= 0.3 is 0 Å². The first kappa shape index (κ1) is 28.6. The normalized spacial score (nSPS) is 15.1. The second-order valence-corrected chi connectivity index (χ2v) is 16.7. The van der Waals surface area contributed by atoms with Crippen LogP contribution in [-0.2, 0) is 0 Å². The van der Waals surface area contributed by atoms with E-state index in [0.717, 1.165) is 0 Å². The van der Waals surface area contributed by atoms with E-state index in [1.807, 2.05) is 0 Å². The van der Waals surface area contributed by atoms with Crippen LogP contribution in [0, 0.1) is 20.8 Å². The first-order chi connectivity index (χ1) is 24.1. The molecule has 0 saturated carbocycles. The first-order valence-corrected chi connectivity index (χ1v) is 18.8. The minimum Gasteiger partial charge on any atom is -0.311 e. The topological polar surface area (TPSA) is 6.48 Å². The molecule has 3 aliphatic rings. The Hall–Kier alpha value is -5.45. The lowest BCUT2D eigenvalue weighted by Crippen LogP contribution is -2.65. The molecule has 0 N–H and O–H groups in total. The molecule has 0 amide bonds. The standard InChI is InChI=1S/C45H35BN2S/c1-30-24-37-43-38(25-30)48(34-18-10-5-11-19-34)40-27-32(3)29-42-45(40)46(43)44-39(47(37)33-16-8-4-9-17-33)26-31(2)28-41(44)49(42,35-20-12-6-13-21-35)36-22-14-7-15-23-36/h4-29H,1-3H3. The molecule has 0 bridgehead atoms. The molecule has 234 valence electrons. The summed E-state index contributed by atoms with van der Waals surface area (Å²) in [5.74, 6) is 0. The van der Waals surface area contributed by atoms with Crippen molar-refractivity contribution in [3.63, 3.8) is 0 Å². The molecule has 0 aromatic heterocycles. The van der Waals surface area contributed by atoms with E-state index in [2.05, 4.69) is 188 Å². The van der Waals surface area contributed by atoms with Crippen LogP contribution in [-0.4, -0.2) is 6.71 Å². The molecule has 49 heavy (non-hydrogen) atoms. The summed E-state index contributed by atoms with van der Waals surface area (Å²) < 4.78 is 0. The van der Waals surface area contributed by atoms with Gasteiger partial charge in [0.1, 0.15) is 0 Å². The third kappa shape index (κ3) is 3.87. The number of nitrogens with zero attached hydrogens (tertiary/aromatic N) is 2. The maximum Gasteiger partial charge on any atom is 0.255 e. The number of anilines is 6. The Labute approximate surface area is 290 Å². The lowest BCUT2D eigenvalue weighted by molar-refractivity contribution is 1.17. The summed E-state index contributed by atoms with van der Waals surface area (Å²) in [6, 6.07) is 59.5. The van der Waals surface area contributed by atoms with Gasteiger partial charge in [-0.25, -0.2) is 0 Å². The largest absolute Gasteiger partial charge is 0.311 e. The summed E-state index contributed by atoms with van der Waals surface area (Å²) >= 11 is 0. The van der Waals surface area contributed by atoms with Crippen LogP contribution in [0.2, 0.25) is 0 Å². The van der Waals surface area contributed by atoms with Gasteiger partial charge in [-0.2, -0.15) is 0 Å². The third-order valence-corrected chi connectivity index (χ3v) is 14.5. The van der Waals surface area contributed by atoms with E-state index in [1.165, 1.54) is 86.8 Å². The van der Waals surface area contributed by atoms with Crippen molar-refractivity contribution in [1.29, 1.82) is 0 Å². The molecule has 0 aliphatic carbocycles. The lowest BCUT2D eigenvalue weighted by Gasteiger charge is -2.54. The smallest absolute Gasteiger partial charge is 0.255 e. The van der Waals surface area contributed by atoms with Gasteiger partial charge < -0.3 is 9.80 Å². The molecule has 0 fully saturated rings. The fourth-order valence-electron chi connectivity index (χ4n) is 8.79. The average Bonchev–Trinajstić information content (AvgIpc) is 3.13. The van der Waals surface area contributed by atoms with E-state index in [0.29, 0.717) is 0 Å². The van der Waals surface area contributed by atoms with Crippen molar-refractivity contribution in [2.75, 3.05) is 9.80 Å². The number of para-hydroxylation sites is 2. The molecule has 4 heteroatoms. The molecule has 7 aromatic rings. The van der Waals surface area contributed by atoms with E-state index < -0.39 is 10.0 Å². The summed E-state index contributed by atoms with van der Waals surface area (Å²) in [7, 11) is -1.92. The highest BCUT2D eigenvalue weighted by atomic mass is 32.3. The molecule has 0 unspecified atom stereocenters. The minimum absolute atomic E-state index is 0.106. The molecule has 0 radical (unpaired) electrons. The number of hydrogen-bond donors (Lipinski definition) is 0. The molecular formula is C45H35BN2S. The highest BCUT2D eigenvalue weighted by Crippen LogP contribution is 2.75. The van der Waals surface area contributed by atoms with Gasteiger partial charge in [0.2, 0.25) is 0 Å². The second kappa shape index (κ2) is 10.5. The maximum atomic E-state index is 2.56. The average molecular weight is 647 g/mol. The molecule has 7 aromatic carbocycles. The van der Waals surface area contributed by atoms with Gasteiger partial charge in [-0.3, -0.25) is 0 Å². The van der Waals surface area contributed by atoms with E-state index in [1.54, 1.807) is 0 Å². The fourth-order valence-corrected chi connectivity index (χ4v) is 13.3. The Bertz CT molecular complexity index is 2260. The van der Waals surface area contributed by atoms with Crippen molar-refractivity contribution in [2.24, 2.45) is 0 Å². The van der Waals surface area contributed by atoms with Gasteiger partial charge in [0.15, 0.2) is 0 Å². The fraction of sp³-hybridized carbons (Fsp3) is 0.0667. The van der Waals surface area contributed by atoms with Crippen LogP contribution in [0.25, 0.3) is 0 Å². The zero-order chi connectivity index (χ0) is 32.9. The Balaban J connectivity index is 1.46. The molecule has 2 nitrogen and oxygen atoms in total. The monoisotopic (exact) mass is 646 g/mol. The SMILES string of the molecule is Cc1cc2c3c(c1)N(c1ccccc1)c1cc(C)cc4c1B3c1c(cc(C)cc1S4(c1ccccc1)c1ccccc1)N2c1ccccc1. The van der Waals surface area contributed by atoms with E-state index in [-0.39, 0.29) is 6.71 Å². The predicted octanol–water partition coefficient (Wildman–Crippen LogP) is 10.3. The van der Waals surface area contributed by atoms with Gasteiger partial charge in [-0.05, 0) is 149 Å². The molecule has 0 saturated heterocycles. The summed E-state index contributed by atoms with van der Waals surface area (Å²) in [4.78, 5) is 10.8. The lowest BCUT2D eigenvalue weighted by atomic mass is 9.33. The highest BCUT2D eigenvalue weighted by Gasteiger charge is 2.53. The predicted molar refractivity (Wildman–Crippen MR) is 208 cm³/mol. The van der Waals surface area contributed by atoms with Gasteiger partial charge in [0.05, 0.1) is 0 Å². The molecule has 10 rings (SSSR count). The van der Waals surface area contributed by atoms with Crippen molar-refractivity contribution < 1.29 is 0 Å². The van der Waals surface area contributed by atoms with Crippen molar-refractivity contribution >= 4 is 67.3 Å². The molecule has 3 heterocycles. The zero-order valence-corrected chi connectivity index (χ0v) is 28.7. The number of rotatable bonds is 4. The van der Waals surface area contributed by atoms with Gasteiger partial charge in [0.25, 0.3) is 6.71 Å². The van der Waals surface area contributed by atoms with Crippen LogP contribution in [0.15, 0.2) is 177 Å². The van der Waals surface area contributed by atoms with Crippen LogP contribution in [0.4, 0.5) is 34.1 Å². The molecular weight excluding hydrogens is 611 g/mol. The Morgan fingerprint density at radius 2 is 0.714 bits per heavy atom. The number of benzene rings is 7. The van der Waals surface area contributed by atoms with Crippen LogP contribution < -0.4 is 26.2 Å². The van der Waals surface area contributed by atoms with Crippen LogP contribution >= 0.6 is 10.0 Å². The Morgan fingerprint density at radius 1 is 0.388 bits per heavy atom. The van der Waals surface area contributed by atoms with E-state index in [4.69, 9.17) is 0 Å². The number of aryl methyl sites for hydroxylation is 3. The minimum atomic E-state index is -1.92. The molecule has 0 atom stereocenters. The quantitative estimate of drug-likeness (QED) is 0.176. The summed E-state index contributed by atoms with van der Waals surface area (Å²) in [6.07, 6.45) is 0. The van der Waals surface area contributed by atoms with Crippen molar-refractivity contribution in [3.8, 4) is 0 Å². The van der Waals surface area contributed by atoms with Crippen molar-refractivity contribution in [2.45, 2.75) is 40.4 Å². The summed E-state index contributed by atoms with van der Waals surface area (Å²) in [5.41, 5.74) is 15.6. The van der Waals surface area contributed by atoms with Gasteiger partial charge in [0, 0.05) is 43.9 Å². The second-order valence-electron chi connectivity index (χ2n) is 13.6. The van der Waals surface area contributed by atoms with E-state index >= 15 is 0 Å². The van der Waals surface area contributed by atoms with E-state index in [9.17, 15) is 0 Å². The summed E-state index contributed by atoms with van der Waals surface area (Å²) in [5, 5.41) is 0.